The Morgan fingerprint density at radius 3 is 2.56 bits per heavy atom. The van der Waals surface area contributed by atoms with Gasteiger partial charge in [-0.25, -0.2) is 22.6 Å². The normalized spacial score (nSPS) is 28.4. The number of carbonyl (C=O) groups excluding carboxylic acids is 4. The monoisotopic (exact) mass is 829 g/mol. The van der Waals surface area contributed by atoms with E-state index >= 15 is 0 Å². The van der Waals surface area contributed by atoms with Crippen LogP contribution in [0.4, 0.5) is 9.18 Å². The minimum atomic E-state index is -4.03. The highest BCUT2D eigenvalue weighted by molar-refractivity contribution is 7.91. The minimum absolute atomic E-state index is 0.0210. The van der Waals surface area contributed by atoms with Gasteiger partial charge in [-0.15, -0.1) is 0 Å². The van der Waals surface area contributed by atoms with Gasteiger partial charge in [-0.2, -0.15) is 0 Å². The molecular formula is C44H52FN5O8S. The summed E-state index contributed by atoms with van der Waals surface area (Å²) in [4.78, 5) is 63.3. The summed E-state index contributed by atoms with van der Waals surface area (Å²) >= 11 is 0. The van der Waals surface area contributed by atoms with Crippen LogP contribution < -0.4 is 20.1 Å². The molecular weight excluding hydrogens is 778 g/mol. The maximum Gasteiger partial charge on any atom is 0.408 e. The molecule has 314 valence electrons. The third-order valence-corrected chi connectivity index (χ3v) is 14.7. The first-order valence-corrected chi connectivity index (χ1v) is 22.1. The fraction of sp³-hybridized carbons (Fsp3) is 0.523. The Labute approximate surface area is 343 Å². The second-order valence-corrected chi connectivity index (χ2v) is 20.4. The lowest BCUT2D eigenvalue weighted by molar-refractivity contribution is -0.141. The van der Waals surface area contributed by atoms with Gasteiger partial charge in [-0.1, -0.05) is 55.3 Å². The molecule has 15 heteroatoms. The van der Waals surface area contributed by atoms with Crippen molar-refractivity contribution in [3.63, 3.8) is 0 Å². The molecule has 3 aromatic rings. The number of nitrogens with zero attached hydrogens (tertiary/aromatic N) is 2. The quantitative estimate of drug-likeness (QED) is 0.261. The number of alkyl carbamates (subject to hydrolysis) is 1. The summed E-state index contributed by atoms with van der Waals surface area (Å²) in [6.07, 6.45) is 8.06. The number of pyridine rings is 1. The molecule has 59 heavy (non-hydrogen) atoms. The molecule has 1 spiro atoms. The molecule has 3 N–H and O–H groups in total. The number of amides is 4. The van der Waals surface area contributed by atoms with Gasteiger partial charge in [0.05, 0.1) is 16.8 Å². The number of para-hydroxylation sites is 1. The molecule has 3 aliphatic heterocycles. The van der Waals surface area contributed by atoms with E-state index in [-0.39, 0.29) is 25.8 Å². The Morgan fingerprint density at radius 1 is 1.03 bits per heavy atom. The zero-order valence-electron chi connectivity index (χ0n) is 33.9. The molecule has 4 heterocycles. The molecule has 0 bridgehead atoms. The zero-order chi connectivity index (χ0) is 42.0. The van der Waals surface area contributed by atoms with Crippen LogP contribution in [0.1, 0.15) is 97.5 Å². The van der Waals surface area contributed by atoms with Gasteiger partial charge in [-0.05, 0) is 97.3 Å². The molecule has 2 aromatic carbocycles. The van der Waals surface area contributed by atoms with Gasteiger partial charge < -0.3 is 25.0 Å². The molecule has 1 saturated heterocycles. The van der Waals surface area contributed by atoms with Gasteiger partial charge in [0, 0.05) is 28.9 Å². The molecule has 0 radical (unpaired) electrons. The number of nitrogens with one attached hydrogen (secondary N) is 3. The third-order valence-electron chi connectivity index (χ3n) is 12.5. The van der Waals surface area contributed by atoms with E-state index < -0.39 is 79.1 Å². The lowest BCUT2D eigenvalue weighted by Gasteiger charge is -2.37. The fourth-order valence-electron chi connectivity index (χ4n) is 8.76. The Balaban J connectivity index is 1.18. The Bertz CT molecular complexity index is 2360. The van der Waals surface area contributed by atoms with Crippen molar-refractivity contribution in [1.29, 1.82) is 0 Å². The molecule has 5 atom stereocenters. The van der Waals surface area contributed by atoms with Crippen LogP contribution in [0.15, 0.2) is 60.7 Å². The summed E-state index contributed by atoms with van der Waals surface area (Å²) in [5.74, 6) is -2.44. The summed E-state index contributed by atoms with van der Waals surface area (Å²) in [5, 5.41) is 6.59. The molecule has 1 aromatic heterocycles. The first kappa shape index (κ1) is 40.7. The molecule has 1 unspecified atom stereocenters. The van der Waals surface area contributed by atoms with Crippen LogP contribution in [0.3, 0.4) is 0 Å². The van der Waals surface area contributed by atoms with Crippen molar-refractivity contribution < 1.29 is 41.5 Å². The average Bonchev–Trinajstić information content (AvgIpc) is 4.07. The van der Waals surface area contributed by atoms with Gasteiger partial charge >= 0.3 is 6.09 Å². The van der Waals surface area contributed by atoms with Crippen molar-refractivity contribution in [2.24, 2.45) is 5.92 Å². The summed E-state index contributed by atoms with van der Waals surface area (Å²) in [6, 6.07) is 11.5. The number of ether oxygens (including phenoxy) is 2. The summed E-state index contributed by atoms with van der Waals surface area (Å²) in [7, 11) is -4.03. The number of halogens is 1. The second kappa shape index (κ2) is 14.9. The molecule has 3 fully saturated rings. The lowest BCUT2D eigenvalue weighted by Crippen LogP contribution is -2.58. The van der Waals surface area contributed by atoms with Gasteiger partial charge in [-0.3, -0.25) is 19.1 Å². The smallest absolute Gasteiger partial charge is 0.408 e. The predicted molar refractivity (Wildman–Crippen MR) is 218 cm³/mol. The third kappa shape index (κ3) is 8.02. The van der Waals surface area contributed by atoms with Gasteiger partial charge in [0.25, 0.3) is 5.91 Å². The molecule has 5 aliphatic rings. The number of carbonyl (C=O) groups is 4. The van der Waals surface area contributed by atoms with E-state index in [1.165, 1.54) is 17.0 Å². The standard InChI is InChI=1S/C44H52FN5O8S/c1-41(2,3)58-40(54)47-33-18-9-7-5-6-8-14-28-24-44(28,39(53)49-59(55,56)42(4)21-22-42)48-37(51)34-25-43(26-50(34)38(33)52)20-19-31-30-16-10-11-17-32(30)46-35(36(31)57-43)27-13-12-15-29(45)23-27/h8,10-17,23,28,33-34H,5-7,9,18-22,24-26H2,1-4H3,(H,47,54)(H,48,51)(H,49,53)/b14-8-/t28-,33?,34-,43+,44+/m0/s1. The number of allylic oxidation sites excluding steroid dienone is 1. The highest BCUT2D eigenvalue weighted by atomic mass is 32.2. The number of hydrogen-bond acceptors (Lipinski definition) is 9. The Morgan fingerprint density at radius 2 is 1.81 bits per heavy atom. The number of aryl methyl sites for hydroxylation is 1. The topological polar surface area (TPSA) is 173 Å². The Hall–Kier alpha value is -5.05. The van der Waals surface area contributed by atoms with E-state index in [1.54, 1.807) is 39.8 Å². The van der Waals surface area contributed by atoms with E-state index in [2.05, 4.69) is 15.4 Å². The van der Waals surface area contributed by atoms with Crippen LogP contribution in [-0.4, -0.2) is 82.2 Å². The number of rotatable bonds is 5. The van der Waals surface area contributed by atoms with Gasteiger partial charge in [0.15, 0.2) is 0 Å². The molecule has 2 aliphatic carbocycles. The van der Waals surface area contributed by atoms with Gasteiger partial charge in [0.1, 0.15) is 46.1 Å². The Kier molecular flexibility index (Phi) is 10.3. The van der Waals surface area contributed by atoms with E-state index in [1.807, 2.05) is 36.4 Å². The average molecular weight is 830 g/mol. The van der Waals surface area contributed by atoms with Crippen molar-refractivity contribution >= 4 is 44.7 Å². The van der Waals surface area contributed by atoms with Crippen molar-refractivity contribution in [2.75, 3.05) is 6.54 Å². The first-order valence-electron chi connectivity index (χ1n) is 20.6. The van der Waals surface area contributed by atoms with Crippen LogP contribution in [0.5, 0.6) is 5.75 Å². The summed E-state index contributed by atoms with van der Waals surface area (Å²) in [6.45, 7) is 6.73. The number of aromatic nitrogens is 1. The SMILES string of the molecule is CC(C)(C)OC(=O)NC1CCCCC/C=C\[C@H]2C[C@@]2(C(=O)NS(=O)(=O)C2(C)CC2)NC(=O)[C@@H]2C[C@]3(CCc4c(c(-c5cccc(F)c5)nc5ccccc45)O3)CN2C1=O. The van der Waals surface area contributed by atoms with E-state index in [0.717, 1.165) is 23.8 Å². The lowest BCUT2D eigenvalue weighted by atomic mass is 9.86. The molecule has 13 nitrogen and oxygen atoms in total. The second-order valence-electron chi connectivity index (χ2n) is 18.2. The number of fused-ring (bicyclic) bond motifs is 5. The maximum absolute atomic E-state index is 14.9. The maximum atomic E-state index is 14.9. The predicted octanol–water partition coefficient (Wildman–Crippen LogP) is 5.99. The minimum Gasteiger partial charge on any atom is -0.483 e. The first-order chi connectivity index (χ1) is 27.9. The highest BCUT2D eigenvalue weighted by Crippen LogP contribution is 2.50. The van der Waals surface area contributed by atoms with Crippen molar-refractivity contribution in [1.82, 2.24) is 25.2 Å². The molecule has 8 rings (SSSR count). The number of sulfonamides is 1. The van der Waals surface area contributed by atoms with Crippen LogP contribution in [0.25, 0.3) is 22.2 Å². The number of benzene rings is 2. The van der Waals surface area contributed by atoms with Crippen LogP contribution in [0.2, 0.25) is 0 Å². The largest absolute Gasteiger partial charge is 0.483 e. The van der Waals surface area contributed by atoms with Crippen molar-refractivity contribution in [3.8, 4) is 17.0 Å². The zero-order valence-corrected chi connectivity index (χ0v) is 34.8. The van der Waals surface area contributed by atoms with Crippen LogP contribution >= 0.6 is 0 Å². The van der Waals surface area contributed by atoms with Crippen molar-refractivity contribution in [2.45, 2.75) is 132 Å². The van der Waals surface area contributed by atoms with Crippen LogP contribution in [0, 0.1) is 11.7 Å². The fourth-order valence-corrected chi connectivity index (χ4v) is 10.1. The summed E-state index contributed by atoms with van der Waals surface area (Å²) in [5.41, 5.74) is -0.999. The van der Waals surface area contributed by atoms with Crippen LogP contribution in [-0.2, 0) is 35.6 Å². The van der Waals surface area contributed by atoms with E-state index in [0.29, 0.717) is 61.0 Å². The molecule has 2 saturated carbocycles. The highest BCUT2D eigenvalue weighted by Gasteiger charge is 2.64. The summed E-state index contributed by atoms with van der Waals surface area (Å²) < 4.78 is 55.0. The number of hydrogen-bond donors (Lipinski definition) is 3. The van der Waals surface area contributed by atoms with E-state index in [9.17, 15) is 32.0 Å². The van der Waals surface area contributed by atoms with Gasteiger partial charge in [0.2, 0.25) is 21.8 Å². The van der Waals surface area contributed by atoms with Crippen molar-refractivity contribution in [3.05, 3.63) is 72.1 Å². The molecule has 4 amide bonds. The van der Waals surface area contributed by atoms with E-state index in [4.69, 9.17) is 14.5 Å².